The Hall–Kier alpha value is -0.120. The lowest BCUT2D eigenvalue weighted by molar-refractivity contribution is -0.182. The Kier molecular flexibility index (Phi) is 4.16. The average Bonchev–Trinajstić information content (AvgIpc) is 2.02. The SMILES string of the molecule is COC1C(O)CC1OCCC(C)C. The fraction of sp³-hybridized carbons (Fsp3) is 1.00. The van der Waals surface area contributed by atoms with Crippen LogP contribution >= 0.6 is 0 Å². The molecule has 0 spiro atoms. The zero-order valence-corrected chi connectivity index (χ0v) is 8.69. The molecular formula is C10H20O3. The van der Waals surface area contributed by atoms with Crippen molar-refractivity contribution in [2.75, 3.05) is 13.7 Å². The molecule has 1 aliphatic rings. The van der Waals surface area contributed by atoms with Crippen LogP contribution in [0.25, 0.3) is 0 Å². The zero-order chi connectivity index (χ0) is 9.84. The second kappa shape index (κ2) is 4.94. The van der Waals surface area contributed by atoms with Crippen LogP contribution in [-0.2, 0) is 9.47 Å². The standard InChI is InChI=1S/C10H20O3/c1-7(2)4-5-13-9-6-8(11)10(9)12-3/h7-11H,4-6H2,1-3H3. The summed E-state index contributed by atoms with van der Waals surface area (Å²) >= 11 is 0. The van der Waals surface area contributed by atoms with E-state index in [9.17, 15) is 5.11 Å². The van der Waals surface area contributed by atoms with Gasteiger partial charge in [0.15, 0.2) is 0 Å². The number of methoxy groups -OCH3 is 1. The highest BCUT2D eigenvalue weighted by Gasteiger charge is 2.40. The van der Waals surface area contributed by atoms with Gasteiger partial charge in [-0.2, -0.15) is 0 Å². The van der Waals surface area contributed by atoms with Crippen molar-refractivity contribution in [3.8, 4) is 0 Å². The van der Waals surface area contributed by atoms with E-state index >= 15 is 0 Å². The van der Waals surface area contributed by atoms with Gasteiger partial charge in [0.25, 0.3) is 0 Å². The molecule has 1 aliphatic carbocycles. The quantitative estimate of drug-likeness (QED) is 0.704. The molecule has 1 fully saturated rings. The molecule has 0 aromatic carbocycles. The molecule has 0 aliphatic heterocycles. The molecule has 1 rings (SSSR count). The predicted molar refractivity (Wildman–Crippen MR) is 50.6 cm³/mol. The average molecular weight is 188 g/mol. The fourth-order valence-corrected chi connectivity index (χ4v) is 1.49. The summed E-state index contributed by atoms with van der Waals surface area (Å²) in [5, 5.41) is 9.28. The molecule has 1 saturated carbocycles. The van der Waals surface area contributed by atoms with Gasteiger partial charge in [0.2, 0.25) is 0 Å². The van der Waals surface area contributed by atoms with Crippen LogP contribution in [0.2, 0.25) is 0 Å². The Labute approximate surface area is 80.0 Å². The lowest BCUT2D eigenvalue weighted by atomic mass is 9.88. The maximum Gasteiger partial charge on any atom is 0.109 e. The molecule has 0 aromatic rings. The van der Waals surface area contributed by atoms with E-state index < -0.39 is 0 Å². The predicted octanol–water partition coefficient (Wildman–Crippen LogP) is 1.20. The van der Waals surface area contributed by atoms with Crippen molar-refractivity contribution in [1.29, 1.82) is 0 Å². The van der Waals surface area contributed by atoms with Gasteiger partial charge in [0.1, 0.15) is 6.10 Å². The van der Waals surface area contributed by atoms with E-state index in [4.69, 9.17) is 9.47 Å². The highest BCUT2D eigenvalue weighted by molar-refractivity contribution is 4.91. The van der Waals surface area contributed by atoms with Crippen molar-refractivity contribution in [3.05, 3.63) is 0 Å². The Bertz CT molecular complexity index is 147. The Morgan fingerprint density at radius 3 is 2.62 bits per heavy atom. The number of rotatable bonds is 5. The second-order valence-electron chi connectivity index (χ2n) is 4.10. The number of hydrogen-bond donors (Lipinski definition) is 1. The van der Waals surface area contributed by atoms with Crippen LogP contribution in [0.5, 0.6) is 0 Å². The first kappa shape index (κ1) is 11.0. The van der Waals surface area contributed by atoms with Crippen LogP contribution in [0, 0.1) is 5.92 Å². The molecule has 0 saturated heterocycles. The number of aliphatic hydroxyl groups is 1. The minimum absolute atomic E-state index is 0.104. The maximum atomic E-state index is 9.28. The Balaban J connectivity index is 2.09. The largest absolute Gasteiger partial charge is 0.390 e. The lowest BCUT2D eigenvalue weighted by Gasteiger charge is -2.40. The molecule has 3 atom stereocenters. The van der Waals surface area contributed by atoms with Crippen LogP contribution in [-0.4, -0.2) is 37.1 Å². The summed E-state index contributed by atoms with van der Waals surface area (Å²) in [6, 6.07) is 0. The van der Waals surface area contributed by atoms with Crippen molar-refractivity contribution in [2.45, 2.75) is 45.0 Å². The normalized spacial score (nSPS) is 33.5. The van der Waals surface area contributed by atoms with Gasteiger partial charge in [-0.25, -0.2) is 0 Å². The molecule has 3 unspecified atom stereocenters. The van der Waals surface area contributed by atoms with Crippen LogP contribution in [0.1, 0.15) is 26.7 Å². The van der Waals surface area contributed by atoms with Crippen molar-refractivity contribution >= 4 is 0 Å². The zero-order valence-electron chi connectivity index (χ0n) is 8.69. The summed E-state index contributed by atoms with van der Waals surface area (Å²) < 4.78 is 10.7. The summed E-state index contributed by atoms with van der Waals surface area (Å²) in [6.07, 6.45) is 1.47. The minimum atomic E-state index is -0.325. The molecule has 13 heavy (non-hydrogen) atoms. The van der Waals surface area contributed by atoms with Crippen LogP contribution in [0.4, 0.5) is 0 Å². The second-order valence-corrected chi connectivity index (χ2v) is 4.10. The third-order valence-electron chi connectivity index (χ3n) is 2.52. The molecule has 3 nitrogen and oxygen atoms in total. The first-order valence-corrected chi connectivity index (χ1v) is 4.97. The number of ether oxygens (including phenoxy) is 2. The minimum Gasteiger partial charge on any atom is -0.390 e. The monoisotopic (exact) mass is 188 g/mol. The third kappa shape index (κ3) is 2.93. The van der Waals surface area contributed by atoms with E-state index in [1.54, 1.807) is 7.11 Å². The number of hydrogen-bond acceptors (Lipinski definition) is 3. The van der Waals surface area contributed by atoms with Gasteiger partial charge in [0, 0.05) is 20.1 Å². The molecule has 0 heterocycles. The summed E-state index contributed by atoms with van der Waals surface area (Å²) in [5.41, 5.74) is 0. The van der Waals surface area contributed by atoms with Gasteiger partial charge in [-0.05, 0) is 12.3 Å². The van der Waals surface area contributed by atoms with E-state index in [0.717, 1.165) is 19.4 Å². The molecule has 78 valence electrons. The Morgan fingerprint density at radius 2 is 2.15 bits per heavy atom. The molecular weight excluding hydrogens is 168 g/mol. The molecule has 3 heteroatoms. The molecule has 1 N–H and O–H groups in total. The van der Waals surface area contributed by atoms with E-state index in [1.165, 1.54) is 0 Å². The molecule has 0 radical (unpaired) electrons. The lowest BCUT2D eigenvalue weighted by Crippen LogP contribution is -2.53. The van der Waals surface area contributed by atoms with Gasteiger partial charge in [0.05, 0.1) is 12.2 Å². The third-order valence-corrected chi connectivity index (χ3v) is 2.52. The molecule has 0 aromatic heterocycles. The topological polar surface area (TPSA) is 38.7 Å². The first-order valence-electron chi connectivity index (χ1n) is 4.97. The highest BCUT2D eigenvalue weighted by Crippen LogP contribution is 2.26. The van der Waals surface area contributed by atoms with Crippen molar-refractivity contribution < 1.29 is 14.6 Å². The maximum absolute atomic E-state index is 9.28. The van der Waals surface area contributed by atoms with Gasteiger partial charge in [-0.15, -0.1) is 0 Å². The van der Waals surface area contributed by atoms with Crippen LogP contribution in [0.3, 0.4) is 0 Å². The first-order chi connectivity index (χ1) is 6.15. The van der Waals surface area contributed by atoms with Gasteiger partial charge < -0.3 is 14.6 Å². The van der Waals surface area contributed by atoms with Gasteiger partial charge >= 0.3 is 0 Å². The van der Waals surface area contributed by atoms with Crippen LogP contribution < -0.4 is 0 Å². The summed E-state index contributed by atoms with van der Waals surface area (Å²) in [5.74, 6) is 0.672. The van der Waals surface area contributed by atoms with Crippen molar-refractivity contribution in [1.82, 2.24) is 0 Å². The van der Waals surface area contributed by atoms with Crippen LogP contribution in [0.15, 0.2) is 0 Å². The van der Waals surface area contributed by atoms with Gasteiger partial charge in [-0.1, -0.05) is 13.8 Å². The summed E-state index contributed by atoms with van der Waals surface area (Å²) in [7, 11) is 1.62. The number of aliphatic hydroxyl groups excluding tert-OH is 1. The van der Waals surface area contributed by atoms with E-state index in [1.807, 2.05) is 0 Å². The van der Waals surface area contributed by atoms with Gasteiger partial charge in [-0.3, -0.25) is 0 Å². The smallest absolute Gasteiger partial charge is 0.109 e. The Morgan fingerprint density at radius 1 is 1.46 bits per heavy atom. The summed E-state index contributed by atoms with van der Waals surface area (Å²) in [6.45, 7) is 5.12. The fourth-order valence-electron chi connectivity index (χ4n) is 1.49. The van der Waals surface area contributed by atoms with E-state index in [0.29, 0.717) is 5.92 Å². The highest BCUT2D eigenvalue weighted by atomic mass is 16.5. The van der Waals surface area contributed by atoms with Crippen molar-refractivity contribution in [2.24, 2.45) is 5.92 Å². The van der Waals surface area contributed by atoms with E-state index in [-0.39, 0.29) is 18.3 Å². The molecule has 0 bridgehead atoms. The van der Waals surface area contributed by atoms with Crippen molar-refractivity contribution in [3.63, 3.8) is 0 Å². The molecule has 0 amide bonds. The summed E-state index contributed by atoms with van der Waals surface area (Å²) in [4.78, 5) is 0. The van der Waals surface area contributed by atoms with E-state index in [2.05, 4.69) is 13.8 Å².